The maximum Gasteiger partial charge on any atom is 0.137 e. The van der Waals surface area contributed by atoms with Gasteiger partial charge in [-0.1, -0.05) is 6.07 Å². The van der Waals surface area contributed by atoms with E-state index in [0.717, 1.165) is 25.1 Å². The van der Waals surface area contributed by atoms with E-state index in [1.165, 1.54) is 6.07 Å². The molecule has 0 bridgehead atoms. The number of benzene rings is 1. The summed E-state index contributed by atoms with van der Waals surface area (Å²) in [6.07, 6.45) is 6.34. The van der Waals surface area contributed by atoms with Crippen molar-refractivity contribution in [2.75, 3.05) is 13.2 Å². The van der Waals surface area contributed by atoms with Gasteiger partial charge in [-0.25, -0.2) is 9.37 Å². The van der Waals surface area contributed by atoms with Gasteiger partial charge >= 0.3 is 0 Å². The fourth-order valence-electron chi connectivity index (χ4n) is 1.97. The lowest BCUT2D eigenvalue weighted by molar-refractivity contribution is 0.243. The van der Waals surface area contributed by atoms with Crippen molar-refractivity contribution in [2.45, 2.75) is 19.0 Å². The van der Waals surface area contributed by atoms with E-state index in [1.807, 2.05) is 10.8 Å². The summed E-state index contributed by atoms with van der Waals surface area (Å²) in [5.74, 6) is -0.318. The predicted molar refractivity (Wildman–Crippen MR) is 78.8 cm³/mol. The Morgan fingerprint density at radius 2 is 2.30 bits per heavy atom. The van der Waals surface area contributed by atoms with Gasteiger partial charge in [0.15, 0.2) is 0 Å². The Labute approximate surface area is 125 Å². The van der Waals surface area contributed by atoms with Crippen LogP contribution in [-0.4, -0.2) is 27.8 Å². The van der Waals surface area contributed by atoms with Crippen LogP contribution in [0.2, 0.25) is 0 Å². The van der Waals surface area contributed by atoms with Gasteiger partial charge < -0.3 is 15.0 Å². The van der Waals surface area contributed by atoms with E-state index in [4.69, 9.17) is 0 Å². The summed E-state index contributed by atoms with van der Waals surface area (Å²) in [5, 5.41) is 12.6. The summed E-state index contributed by atoms with van der Waals surface area (Å²) >= 11 is 3.12. The van der Waals surface area contributed by atoms with Gasteiger partial charge in [-0.2, -0.15) is 0 Å². The molecular weight excluding hydrogens is 325 g/mol. The average Bonchev–Trinajstić information content (AvgIpc) is 2.95. The number of hydrogen-bond donors (Lipinski definition) is 2. The van der Waals surface area contributed by atoms with Crippen LogP contribution in [0.25, 0.3) is 0 Å². The molecule has 0 spiro atoms. The zero-order chi connectivity index (χ0) is 14.4. The molecule has 0 radical (unpaired) electrons. The molecule has 4 nitrogen and oxygen atoms in total. The van der Waals surface area contributed by atoms with Gasteiger partial charge in [0.25, 0.3) is 0 Å². The van der Waals surface area contributed by atoms with Crippen molar-refractivity contribution < 1.29 is 9.50 Å². The van der Waals surface area contributed by atoms with E-state index in [2.05, 4.69) is 26.2 Å². The Balaban J connectivity index is 1.84. The third-order valence-electron chi connectivity index (χ3n) is 3.07. The molecular formula is C14H17BrFN3O. The molecule has 1 aromatic carbocycles. The highest BCUT2D eigenvalue weighted by Crippen LogP contribution is 2.20. The minimum atomic E-state index is -0.318. The van der Waals surface area contributed by atoms with Crippen LogP contribution in [0.5, 0.6) is 0 Å². The lowest BCUT2D eigenvalue weighted by Gasteiger charge is -2.17. The maximum absolute atomic E-state index is 13.5. The van der Waals surface area contributed by atoms with Crippen molar-refractivity contribution in [3.05, 3.63) is 52.8 Å². The SMILES string of the molecule is OCC(NCCCn1ccnc1)c1ccc(Br)c(F)c1. The third kappa shape index (κ3) is 4.13. The average molecular weight is 342 g/mol. The molecule has 2 N–H and O–H groups in total. The Morgan fingerprint density at radius 1 is 1.45 bits per heavy atom. The van der Waals surface area contributed by atoms with E-state index in [-0.39, 0.29) is 18.5 Å². The first kappa shape index (κ1) is 15.2. The topological polar surface area (TPSA) is 50.1 Å². The highest BCUT2D eigenvalue weighted by molar-refractivity contribution is 9.10. The first-order valence-corrected chi connectivity index (χ1v) is 7.25. The Hall–Kier alpha value is -1.24. The van der Waals surface area contributed by atoms with Gasteiger partial charge in [-0.15, -0.1) is 0 Å². The Morgan fingerprint density at radius 3 is 2.95 bits per heavy atom. The van der Waals surface area contributed by atoms with Gasteiger partial charge in [0.05, 0.1) is 23.4 Å². The molecule has 1 atom stereocenters. The highest BCUT2D eigenvalue weighted by atomic mass is 79.9. The van der Waals surface area contributed by atoms with Gasteiger partial charge in [0.2, 0.25) is 0 Å². The summed E-state index contributed by atoms with van der Waals surface area (Å²) in [5.41, 5.74) is 0.746. The van der Waals surface area contributed by atoms with E-state index in [9.17, 15) is 9.50 Å². The van der Waals surface area contributed by atoms with E-state index < -0.39 is 0 Å². The summed E-state index contributed by atoms with van der Waals surface area (Å²) in [7, 11) is 0. The van der Waals surface area contributed by atoms with Crippen molar-refractivity contribution in [1.82, 2.24) is 14.9 Å². The fraction of sp³-hybridized carbons (Fsp3) is 0.357. The van der Waals surface area contributed by atoms with Crippen molar-refractivity contribution in [2.24, 2.45) is 0 Å². The van der Waals surface area contributed by atoms with Crippen molar-refractivity contribution >= 4 is 15.9 Å². The second kappa shape index (κ2) is 7.52. The molecule has 20 heavy (non-hydrogen) atoms. The van der Waals surface area contributed by atoms with Crippen LogP contribution in [0.4, 0.5) is 4.39 Å². The van der Waals surface area contributed by atoms with Gasteiger partial charge in [-0.3, -0.25) is 0 Å². The molecule has 0 amide bonds. The third-order valence-corrected chi connectivity index (χ3v) is 3.71. The molecule has 2 aromatic rings. The summed E-state index contributed by atoms with van der Waals surface area (Å²) in [6.45, 7) is 1.53. The normalized spacial score (nSPS) is 12.6. The minimum Gasteiger partial charge on any atom is -0.394 e. The van der Waals surface area contributed by atoms with Crippen LogP contribution in [0.15, 0.2) is 41.4 Å². The van der Waals surface area contributed by atoms with Gasteiger partial charge in [-0.05, 0) is 46.6 Å². The molecule has 0 aliphatic carbocycles. The van der Waals surface area contributed by atoms with Crippen LogP contribution >= 0.6 is 15.9 Å². The number of aryl methyl sites for hydroxylation is 1. The molecule has 2 rings (SSSR count). The number of aromatic nitrogens is 2. The molecule has 108 valence electrons. The first-order chi connectivity index (χ1) is 9.70. The predicted octanol–water partition coefficient (Wildman–Crippen LogP) is 2.50. The number of hydrogen-bond acceptors (Lipinski definition) is 3. The van der Waals surface area contributed by atoms with Crippen LogP contribution in [-0.2, 0) is 6.54 Å². The minimum absolute atomic E-state index is 0.0633. The summed E-state index contributed by atoms with van der Waals surface area (Å²) < 4.78 is 15.9. The van der Waals surface area contributed by atoms with E-state index in [1.54, 1.807) is 24.7 Å². The van der Waals surface area contributed by atoms with Crippen molar-refractivity contribution in [3.63, 3.8) is 0 Å². The zero-order valence-corrected chi connectivity index (χ0v) is 12.6. The quantitative estimate of drug-likeness (QED) is 0.760. The number of aliphatic hydroxyl groups excluding tert-OH is 1. The number of rotatable bonds is 7. The lowest BCUT2D eigenvalue weighted by Crippen LogP contribution is -2.26. The smallest absolute Gasteiger partial charge is 0.137 e. The van der Waals surface area contributed by atoms with Crippen LogP contribution in [0, 0.1) is 5.82 Å². The molecule has 6 heteroatoms. The molecule has 0 fully saturated rings. The van der Waals surface area contributed by atoms with Crippen molar-refractivity contribution in [1.29, 1.82) is 0 Å². The monoisotopic (exact) mass is 341 g/mol. The second-order valence-corrected chi connectivity index (χ2v) is 5.37. The fourth-order valence-corrected chi connectivity index (χ4v) is 2.22. The molecule has 1 heterocycles. The Bertz CT molecular complexity index is 533. The number of nitrogens with one attached hydrogen (secondary N) is 1. The molecule has 0 aliphatic heterocycles. The highest BCUT2D eigenvalue weighted by Gasteiger charge is 2.11. The molecule has 0 saturated heterocycles. The maximum atomic E-state index is 13.5. The number of halogens is 2. The number of nitrogens with zero attached hydrogens (tertiary/aromatic N) is 2. The second-order valence-electron chi connectivity index (χ2n) is 4.52. The largest absolute Gasteiger partial charge is 0.394 e. The van der Waals surface area contributed by atoms with Gasteiger partial charge in [0.1, 0.15) is 5.82 Å². The standard InChI is InChI=1S/C14H17BrFN3O/c15-12-3-2-11(8-13(12)16)14(9-20)18-4-1-6-19-7-5-17-10-19/h2-3,5,7-8,10,14,18,20H,1,4,6,9H2. The van der Waals surface area contributed by atoms with Crippen LogP contribution in [0.1, 0.15) is 18.0 Å². The van der Waals surface area contributed by atoms with Crippen molar-refractivity contribution in [3.8, 4) is 0 Å². The molecule has 0 aliphatic rings. The Kier molecular flexibility index (Phi) is 5.70. The summed E-state index contributed by atoms with van der Waals surface area (Å²) in [4.78, 5) is 3.97. The van der Waals surface area contributed by atoms with E-state index >= 15 is 0 Å². The van der Waals surface area contributed by atoms with Crippen LogP contribution in [0.3, 0.4) is 0 Å². The number of aliphatic hydroxyl groups is 1. The summed E-state index contributed by atoms with van der Waals surface area (Å²) in [6, 6.07) is 4.64. The zero-order valence-electron chi connectivity index (χ0n) is 11.0. The van der Waals surface area contributed by atoms with Gasteiger partial charge in [0, 0.05) is 18.9 Å². The molecule has 1 aromatic heterocycles. The number of imidazole rings is 1. The molecule has 1 unspecified atom stereocenters. The van der Waals surface area contributed by atoms with Crippen LogP contribution < -0.4 is 5.32 Å². The first-order valence-electron chi connectivity index (χ1n) is 6.45. The van der Waals surface area contributed by atoms with E-state index in [0.29, 0.717) is 4.47 Å². The molecule has 0 saturated carbocycles. The lowest BCUT2D eigenvalue weighted by atomic mass is 10.1.